The van der Waals surface area contributed by atoms with E-state index in [0.717, 1.165) is 12.3 Å². The highest BCUT2D eigenvalue weighted by atomic mass is 19.4. The second-order valence-electron chi connectivity index (χ2n) is 11.1. The molecule has 3 aromatic rings. The number of pyridine rings is 1. The van der Waals surface area contributed by atoms with Crippen LogP contribution in [0.4, 0.5) is 55.9 Å². The highest BCUT2D eigenvalue weighted by molar-refractivity contribution is 5.90. The molecule has 19 heteroatoms. The summed E-state index contributed by atoms with van der Waals surface area (Å²) in [6.07, 6.45) is -15.6. The molecule has 0 fully saturated rings. The van der Waals surface area contributed by atoms with E-state index < -0.39 is 71.5 Å². The van der Waals surface area contributed by atoms with Crippen LogP contribution in [0.3, 0.4) is 0 Å². The topological polar surface area (TPSA) is 127 Å². The third-order valence-electron chi connectivity index (χ3n) is 7.54. The smallest absolute Gasteiger partial charge is 0.433 e. The SMILES string of the molecule is CCOC(=O)N1c2ccc(C(F)(F)F)nc2[C@@H](Nc2ncc(OCCCC(=O)O)c(Cc3cc(C(F)(F)F)cc(C(F)(F)F)c3)n2)C[C@H]1CC. The quantitative estimate of drug-likeness (QED) is 0.149. The molecule has 0 aliphatic carbocycles. The molecule has 10 nitrogen and oxygen atoms in total. The van der Waals surface area contributed by atoms with Crippen molar-refractivity contribution in [2.24, 2.45) is 0 Å². The first-order valence-electron chi connectivity index (χ1n) is 15.1. The molecular formula is C31H30F9N5O5. The van der Waals surface area contributed by atoms with Gasteiger partial charge in [-0.05, 0) is 62.1 Å². The lowest BCUT2D eigenvalue weighted by atomic mass is 9.93. The number of anilines is 2. The van der Waals surface area contributed by atoms with Gasteiger partial charge in [-0.1, -0.05) is 6.92 Å². The Labute approximate surface area is 278 Å². The molecule has 2 aromatic heterocycles. The van der Waals surface area contributed by atoms with E-state index in [9.17, 15) is 49.1 Å². The van der Waals surface area contributed by atoms with Crippen molar-refractivity contribution in [1.82, 2.24) is 15.0 Å². The lowest BCUT2D eigenvalue weighted by Crippen LogP contribution is -2.46. The zero-order chi connectivity index (χ0) is 37.0. The van der Waals surface area contributed by atoms with E-state index in [-0.39, 0.29) is 67.3 Å². The van der Waals surface area contributed by atoms with E-state index in [1.807, 2.05) is 0 Å². The van der Waals surface area contributed by atoms with Crippen LogP contribution in [-0.2, 0) is 34.5 Å². The minimum absolute atomic E-state index is 0.00861. The second kappa shape index (κ2) is 15.0. The molecule has 4 rings (SSSR count). The maximum atomic E-state index is 13.7. The Kier molecular flexibility index (Phi) is 11.4. The number of nitrogens with zero attached hydrogens (tertiary/aromatic N) is 4. The van der Waals surface area contributed by atoms with Crippen LogP contribution >= 0.6 is 0 Å². The van der Waals surface area contributed by atoms with Crippen LogP contribution in [0.2, 0.25) is 0 Å². The number of carbonyl (C=O) groups is 2. The number of benzene rings is 1. The van der Waals surface area contributed by atoms with Gasteiger partial charge < -0.3 is 19.9 Å². The Morgan fingerprint density at radius 1 is 0.960 bits per heavy atom. The van der Waals surface area contributed by atoms with E-state index in [4.69, 9.17) is 14.6 Å². The molecule has 1 aliphatic heterocycles. The van der Waals surface area contributed by atoms with Crippen molar-refractivity contribution in [3.05, 3.63) is 70.3 Å². The monoisotopic (exact) mass is 723 g/mol. The molecule has 0 spiro atoms. The predicted molar refractivity (Wildman–Crippen MR) is 157 cm³/mol. The van der Waals surface area contributed by atoms with Crippen molar-refractivity contribution in [3.63, 3.8) is 0 Å². The third-order valence-corrected chi connectivity index (χ3v) is 7.54. The molecule has 2 atom stereocenters. The molecule has 1 aliphatic rings. The zero-order valence-electron chi connectivity index (χ0n) is 26.3. The molecule has 0 saturated carbocycles. The summed E-state index contributed by atoms with van der Waals surface area (Å²) in [4.78, 5) is 37.1. The summed E-state index contributed by atoms with van der Waals surface area (Å²) in [5, 5.41) is 11.8. The maximum Gasteiger partial charge on any atom is 0.433 e. The van der Waals surface area contributed by atoms with Crippen LogP contribution in [0.25, 0.3) is 0 Å². The third kappa shape index (κ3) is 9.23. The van der Waals surface area contributed by atoms with Crippen LogP contribution in [0.5, 0.6) is 5.75 Å². The molecule has 0 saturated heterocycles. The number of rotatable bonds is 11. The Morgan fingerprint density at radius 2 is 1.62 bits per heavy atom. The number of ether oxygens (including phenoxy) is 2. The Bertz CT molecular complexity index is 1670. The van der Waals surface area contributed by atoms with Gasteiger partial charge in [0.2, 0.25) is 5.95 Å². The number of halogens is 9. The number of hydrogen-bond donors (Lipinski definition) is 2. The summed E-state index contributed by atoms with van der Waals surface area (Å²) in [6, 6.07) is 1.08. The van der Waals surface area contributed by atoms with Gasteiger partial charge >= 0.3 is 30.6 Å². The van der Waals surface area contributed by atoms with Crippen molar-refractivity contribution >= 4 is 23.7 Å². The first kappa shape index (κ1) is 38.0. The summed E-state index contributed by atoms with van der Waals surface area (Å²) in [7, 11) is 0. The Morgan fingerprint density at radius 3 is 2.18 bits per heavy atom. The Hall–Kier alpha value is -4.84. The van der Waals surface area contributed by atoms with Crippen molar-refractivity contribution in [2.75, 3.05) is 23.4 Å². The first-order valence-corrected chi connectivity index (χ1v) is 15.1. The fraction of sp³-hybridized carbons (Fsp3) is 0.452. The van der Waals surface area contributed by atoms with Crippen LogP contribution in [-0.4, -0.2) is 51.4 Å². The van der Waals surface area contributed by atoms with Gasteiger partial charge in [0, 0.05) is 18.9 Å². The van der Waals surface area contributed by atoms with Crippen LogP contribution in [0.15, 0.2) is 36.5 Å². The first-order chi connectivity index (χ1) is 23.3. The number of nitrogens with one attached hydrogen (secondary N) is 1. The minimum Gasteiger partial charge on any atom is -0.490 e. The van der Waals surface area contributed by atoms with Crippen LogP contribution in [0.1, 0.15) is 79.3 Å². The standard InChI is InChI=1S/C31H30F9N5O5/c1-3-19-14-21(26-22(45(19)28(48)49-4-2)7-8-24(44-26)31(38,39)40)43-27-41-15-23(50-9-5-6-25(46)47)20(42-27)12-16-10-17(29(32,33)34)13-18(11-16)30(35,36)37/h7-8,10-11,13,15,19,21H,3-6,9,12,14H2,1-2H3,(H,46,47)(H,41,42,43)/t19-,21+/m1/s1. The van der Waals surface area contributed by atoms with Gasteiger partial charge in [0.15, 0.2) is 5.75 Å². The molecular weight excluding hydrogens is 693 g/mol. The number of carboxylic acids is 1. The summed E-state index contributed by atoms with van der Waals surface area (Å²) < 4.78 is 133. The molecule has 0 radical (unpaired) electrons. The summed E-state index contributed by atoms with van der Waals surface area (Å²) in [6.45, 7) is 3.03. The molecule has 50 heavy (non-hydrogen) atoms. The van der Waals surface area contributed by atoms with Gasteiger partial charge in [-0.25, -0.2) is 19.7 Å². The van der Waals surface area contributed by atoms with Gasteiger partial charge in [-0.15, -0.1) is 0 Å². The molecule has 272 valence electrons. The number of alkyl halides is 9. The van der Waals surface area contributed by atoms with E-state index in [1.165, 1.54) is 4.90 Å². The van der Waals surface area contributed by atoms with Crippen LogP contribution in [0, 0.1) is 0 Å². The average Bonchev–Trinajstić information content (AvgIpc) is 3.02. The van der Waals surface area contributed by atoms with Crippen molar-refractivity contribution < 1.29 is 63.7 Å². The molecule has 1 aromatic carbocycles. The number of carboxylic acid groups (broad SMARTS) is 1. The molecule has 2 N–H and O–H groups in total. The van der Waals surface area contributed by atoms with E-state index in [0.29, 0.717) is 24.6 Å². The number of hydrogen-bond acceptors (Lipinski definition) is 8. The van der Waals surface area contributed by atoms with Gasteiger partial charge in [0.1, 0.15) is 5.69 Å². The van der Waals surface area contributed by atoms with E-state index in [2.05, 4.69) is 20.3 Å². The van der Waals surface area contributed by atoms with Crippen molar-refractivity contribution in [1.29, 1.82) is 0 Å². The second-order valence-corrected chi connectivity index (χ2v) is 11.1. The van der Waals surface area contributed by atoms with Crippen LogP contribution < -0.4 is 15.0 Å². The largest absolute Gasteiger partial charge is 0.490 e. The average molecular weight is 724 g/mol. The molecule has 0 unspecified atom stereocenters. The Balaban J connectivity index is 1.78. The maximum absolute atomic E-state index is 13.7. The number of carbonyl (C=O) groups excluding carboxylic acids is 1. The molecule has 3 heterocycles. The van der Waals surface area contributed by atoms with Gasteiger partial charge in [0.25, 0.3) is 0 Å². The zero-order valence-corrected chi connectivity index (χ0v) is 26.3. The van der Waals surface area contributed by atoms with E-state index in [1.54, 1.807) is 13.8 Å². The van der Waals surface area contributed by atoms with Gasteiger partial charge in [0.05, 0.1) is 53.7 Å². The molecule has 1 amide bonds. The van der Waals surface area contributed by atoms with E-state index >= 15 is 0 Å². The summed E-state index contributed by atoms with van der Waals surface area (Å²) in [5.41, 5.74) is -5.28. The number of amides is 1. The molecule has 0 bridgehead atoms. The highest BCUT2D eigenvalue weighted by Gasteiger charge is 2.41. The fourth-order valence-electron chi connectivity index (χ4n) is 5.29. The minimum atomic E-state index is -5.13. The lowest BCUT2D eigenvalue weighted by Gasteiger charge is -2.39. The normalized spacial score (nSPS) is 16.5. The lowest BCUT2D eigenvalue weighted by molar-refractivity contribution is -0.143. The summed E-state index contributed by atoms with van der Waals surface area (Å²) in [5.74, 6) is -1.63. The number of aliphatic carboxylic acids is 1. The van der Waals surface area contributed by atoms with Gasteiger partial charge in [-0.2, -0.15) is 39.5 Å². The van der Waals surface area contributed by atoms with Crippen molar-refractivity contribution in [3.8, 4) is 5.75 Å². The fourth-order valence-corrected chi connectivity index (χ4v) is 5.29. The number of fused-ring (bicyclic) bond motifs is 1. The van der Waals surface area contributed by atoms with Gasteiger partial charge in [-0.3, -0.25) is 9.69 Å². The summed E-state index contributed by atoms with van der Waals surface area (Å²) >= 11 is 0. The highest BCUT2D eigenvalue weighted by Crippen LogP contribution is 2.42. The predicted octanol–water partition coefficient (Wildman–Crippen LogP) is 8.06. The number of aromatic nitrogens is 3. The van der Waals surface area contributed by atoms with Crippen molar-refractivity contribution in [2.45, 2.75) is 76.6 Å².